The number of furan rings is 1. The summed E-state index contributed by atoms with van der Waals surface area (Å²) < 4.78 is 6.36. The second-order valence-corrected chi connectivity index (χ2v) is 25.9. The molecule has 12 aromatic rings. The van der Waals surface area contributed by atoms with E-state index < -0.39 is 0 Å². The van der Waals surface area contributed by atoms with Gasteiger partial charge in [-0.2, -0.15) is 0 Å². The van der Waals surface area contributed by atoms with Crippen molar-refractivity contribution in [2.75, 3.05) is 14.7 Å². The van der Waals surface area contributed by atoms with Crippen LogP contribution in [0, 0.1) is 0 Å². The Hall–Kier alpha value is -9.32. The van der Waals surface area contributed by atoms with Gasteiger partial charge in [0, 0.05) is 62.0 Å². The van der Waals surface area contributed by atoms with Crippen LogP contribution in [0.15, 0.2) is 253 Å². The summed E-state index contributed by atoms with van der Waals surface area (Å²) in [5.74, 6) is 0. The average Bonchev–Trinajstić information content (AvgIpc) is 2.44. The van der Waals surface area contributed by atoms with Gasteiger partial charge in [0.05, 0.1) is 0 Å². The van der Waals surface area contributed by atoms with Crippen molar-refractivity contribution in [3.05, 3.63) is 265 Å². The average molecular weight is 1070 g/mol. The summed E-state index contributed by atoms with van der Waals surface area (Å²) in [7, 11) is 0. The lowest BCUT2D eigenvalue weighted by atomic mass is 9.33. The summed E-state index contributed by atoms with van der Waals surface area (Å²) >= 11 is 0. The van der Waals surface area contributed by atoms with E-state index in [-0.39, 0.29) is 23.0 Å². The van der Waals surface area contributed by atoms with Crippen molar-refractivity contribution in [3.8, 4) is 33.4 Å². The quantitative estimate of drug-likeness (QED) is 0.141. The highest BCUT2D eigenvalue weighted by Crippen LogP contribution is 2.49. The van der Waals surface area contributed by atoms with E-state index >= 15 is 0 Å². The molecule has 0 spiro atoms. The first kappa shape index (κ1) is 51.8. The number of anilines is 9. The van der Waals surface area contributed by atoms with E-state index in [1.807, 2.05) is 6.07 Å². The number of nitrogens with zero attached hydrogens (tertiary/aromatic N) is 3. The molecule has 11 aromatic carbocycles. The highest BCUT2D eigenvalue weighted by Gasteiger charge is 2.45. The van der Waals surface area contributed by atoms with Gasteiger partial charge < -0.3 is 19.1 Å². The molecule has 0 fully saturated rings. The standard InChI is InChI=1S/C78H68BN3O/c1-76(2,3)57-31-37-60(38-32-57)80(61-39-33-58(34-40-61)77(4,5)6)64-41-42-67-70(50-64)82(63-24-18-23-54(45-63)55-30-44-74-66(46-55)65-25-16-17-26-73(65)83-74)72-49-59(78(7,8)9)48-71-75(72)79(67)68-47-56(52-21-14-11-15-22-52)29-43-69(68)81(71)62-35-27-53(28-36-62)51-19-12-10-13-20-51/h10-50H,1-9H3. The molecule has 404 valence electrons. The van der Waals surface area contributed by atoms with Crippen LogP contribution < -0.4 is 31.1 Å². The summed E-state index contributed by atoms with van der Waals surface area (Å²) in [6, 6.07) is 92.9. The van der Waals surface area contributed by atoms with E-state index in [2.05, 4.69) is 320 Å². The number of benzene rings is 11. The molecule has 5 heteroatoms. The molecular weight excluding hydrogens is 1010 g/mol. The van der Waals surface area contributed by atoms with Gasteiger partial charge in [-0.3, -0.25) is 0 Å². The predicted molar refractivity (Wildman–Crippen MR) is 355 cm³/mol. The monoisotopic (exact) mass is 1070 g/mol. The maximum Gasteiger partial charge on any atom is 0.252 e. The molecule has 0 saturated heterocycles. The Bertz CT molecular complexity index is 4370. The third kappa shape index (κ3) is 9.20. The van der Waals surface area contributed by atoms with Crippen LogP contribution in [0.4, 0.5) is 51.2 Å². The smallest absolute Gasteiger partial charge is 0.252 e. The molecule has 0 radical (unpaired) electrons. The lowest BCUT2D eigenvalue weighted by Crippen LogP contribution is -2.61. The van der Waals surface area contributed by atoms with Crippen LogP contribution in [-0.4, -0.2) is 6.71 Å². The van der Waals surface area contributed by atoms with Crippen molar-refractivity contribution < 1.29 is 4.42 Å². The fraction of sp³-hybridized carbons (Fsp3) is 0.154. The Morgan fingerprint density at radius 1 is 0.313 bits per heavy atom. The molecule has 14 rings (SSSR count). The summed E-state index contributed by atoms with van der Waals surface area (Å²) in [5.41, 5.74) is 26.5. The Labute approximate surface area is 490 Å². The molecule has 0 atom stereocenters. The second-order valence-electron chi connectivity index (χ2n) is 25.9. The number of fused-ring (bicyclic) bond motifs is 7. The third-order valence-electron chi connectivity index (χ3n) is 17.3. The minimum absolute atomic E-state index is 0.00660. The molecule has 2 aliphatic heterocycles. The lowest BCUT2D eigenvalue weighted by Gasteiger charge is -2.45. The molecule has 83 heavy (non-hydrogen) atoms. The van der Waals surface area contributed by atoms with Crippen LogP contribution in [0.3, 0.4) is 0 Å². The second kappa shape index (κ2) is 19.7. The fourth-order valence-electron chi connectivity index (χ4n) is 12.8. The Kier molecular flexibility index (Phi) is 12.3. The van der Waals surface area contributed by atoms with Crippen molar-refractivity contribution in [2.24, 2.45) is 0 Å². The number of rotatable bonds is 8. The molecule has 4 nitrogen and oxygen atoms in total. The predicted octanol–water partition coefficient (Wildman–Crippen LogP) is 20.0. The van der Waals surface area contributed by atoms with Crippen molar-refractivity contribution >= 4 is 96.2 Å². The van der Waals surface area contributed by atoms with Gasteiger partial charge in [0.15, 0.2) is 0 Å². The van der Waals surface area contributed by atoms with Crippen molar-refractivity contribution in [1.82, 2.24) is 0 Å². The zero-order valence-corrected chi connectivity index (χ0v) is 49.0. The van der Waals surface area contributed by atoms with Gasteiger partial charge in [0.25, 0.3) is 6.71 Å². The lowest BCUT2D eigenvalue weighted by molar-refractivity contribution is 0.590. The van der Waals surface area contributed by atoms with Crippen molar-refractivity contribution in [3.63, 3.8) is 0 Å². The first-order valence-corrected chi connectivity index (χ1v) is 29.3. The summed E-state index contributed by atoms with van der Waals surface area (Å²) in [4.78, 5) is 7.59. The zero-order valence-electron chi connectivity index (χ0n) is 49.0. The number of para-hydroxylation sites is 1. The molecular formula is C78H68BN3O. The van der Waals surface area contributed by atoms with Crippen LogP contribution in [-0.2, 0) is 16.2 Å². The minimum atomic E-state index is -0.199. The molecule has 1 aromatic heterocycles. The third-order valence-corrected chi connectivity index (χ3v) is 17.3. The van der Waals surface area contributed by atoms with Gasteiger partial charge >= 0.3 is 0 Å². The number of hydrogen-bond donors (Lipinski definition) is 0. The molecule has 0 bridgehead atoms. The van der Waals surface area contributed by atoms with E-state index in [4.69, 9.17) is 4.42 Å². The maximum atomic E-state index is 6.36. The van der Waals surface area contributed by atoms with Crippen LogP contribution in [0.2, 0.25) is 0 Å². The highest BCUT2D eigenvalue weighted by molar-refractivity contribution is 7.00. The fourth-order valence-corrected chi connectivity index (χ4v) is 12.8. The summed E-state index contributed by atoms with van der Waals surface area (Å²) in [6.07, 6.45) is 0. The first-order valence-electron chi connectivity index (χ1n) is 29.3. The van der Waals surface area contributed by atoms with Gasteiger partial charge in [0.2, 0.25) is 0 Å². The van der Waals surface area contributed by atoms with Crippen LogP contribution in [0.1, 0.15) is 79.0 Å². The van der Waals surface area contributed by atoms with E-state index in [1.54, 1.807) is 0 Å². The molecule has 0 unspecified atom stereocenters. The first-order chi connectivity index (χ1) is 40.0. The van der Waals surface area contributed by atoms with E-state index in [9.17, 15) is 0 Å². The minimum Gasteiger partial charge on any atom is -0.456 e. The van der Waals surface area contributed by atoms with E-state index in [1.165, 1.54) is 72.4 Å². The van der Waals surface area contributed by atoms with Gasteiger partial charge in [-0.15, -0.1) is 0 Å². The van der Waals surface area contributed by atoms with Gasteiger partial charge in [-0.25, -0.2) is 0 Å². The Morgan fingerprint density at radius 3 is 1.43 bits per heavy atom. The normalized spacial score (nSPS) is 13.0. The molecule has 0 N–H and O–H groups in total. The SMILES string of the molecule is CC(C)(C)c1ccc(N(c2ccc(C(C)(C)C)cc2)c2ccc3c(c2)N(c2cccc(-c4ccc5oc6ccccc6c5c4)c2)c2cc(C(C)(C)C)cc4c2B3c2cc(-c3ccccc3)ccc2N4c2ccc(-c3ccccc3)cc2)cc1. The van der Waals surface area contributed by atoms with Crippen LogP contribution in [0.25, 0.3) is 55.3 Å². The van der Waals surface area contributed by atoms with E-state index in [0.29, 0.717) is 0 Å². The molecule has 0 aliphatic carbocycles. The van der Waals surface area contributed by atoms with E-state index in [0.717, 1.165) is 67.2 Å². The van der Waals surface area contributed by atoms with Crippen LogP contribution >= 0.6 is 0 Å². The maximum absolute atomic E-state index is 6.36. The highest BCUT2D eigenvalue weighted by atomic mass is 16.3. The van der Waals surface area contributed by atoms with Gasteiger partial charge in [0.1, 0.15) is 11.2 Å². The number of hydrogen-bond acceptors (Lipinski definition) is 4. The Balaban J connectivity index is 1.04. The summed E-state index contributed by atoms with van der Waals surface area (Å²) in [6.45, 7) is 20.7. The van der Waals surface area contributed by atoms with Crippen molar-refractivity contribution in [1.29, 1.82) is 0 Å². The summed E-state index contributed by atoms with van der Waals surface area (Å²) in [5, 5.41) is 2.23. The molecule has 3 heterocycles. The molecule has 0 amide bonds. The van der Waals surface area contributed by atoms with Gasteiger partial charge in [-0.1, -0.05) is 214 Å². The van der Waals surface area contributed by atoms with Crippen molar-refractivity contribution in [2.45, 2.75) is 78.6 Å². The topological polar surface area (TPSA) is 22.9 Å². The Morgan fingerprint density at radius 2 is 0.807 bits per heavy atom. The molecule has 0 saturated carbocycles. The van der Waals surface area contributed by atoms with Gasteiger partial charge in [-0.05, 0) is 180 Å². The molecule has 2 aliphatic rings. The van der Waals surface area contributed by atoms with Crippen LogP contribution in [0.5, 0.6) is 0 Å². The largest absolute Gasteiger partial charge is 0.456 e. The zero-order chi connectivity index (χ0) is 56.9.